The fraction of sp³-hybridized carbons (Fsp3) is 0.250. The number of nitrogens with one attached hydrogen (secondary N) is 1. The molecule has 0 aliphatic rings. The fourth-order valence-electron chi connectivity index (χ4n) is 2.16. The first-order chi connectivity index (χ1) is 11.0. The minimum atomic E-state index is -1.34. The van der Waals surface area contributed by atoms with Gasteiger partial charge in [-0.05, 0) is 41.1 Å². The third-order valence-electron chi connectivity index (χ3n) is 3.37. The molecule has 0 saturated heterocycles. The van der Waals surface area contributed by atoms with E-state index in [9.17, 15) is 19.1 Å². The highest BCUT2D eigenvalue weighted by atomic mass is 32.1. The number of halogens is 1. The number of aliphatic carboxylic acids is 1. The number of carbonyl (C=O) groups is 2. The number of hydrogen-bond acceptors (Lipinski definition) is 4. The van der Waals surface area contributed by atoms with Crippen molar-refractivity contribution in [3.05, 3.63) is 51.5 Å². The molecule has 23 heavy (non-hydrogen) atoms. The number of aryl methyl sites for hydroxylation is 1. The summed E-state index contributed by atoms with van der Waals surface area (Å²) in [5.41, 5.74) is 0.983. The van der Waals surface area contributed by atoms with Crippen LogP contribution in [-0.4, -0.2) is 24.1 Å². The summed E-state index contributed by atoms with van der Waals surface area (Å²) in [5.74, 6) is -2.43. The van der Waals surface area contributed by atoms with Gasteiger partial charge >= 0.3 is 5.97 Å². The van der Waals surface area contributed by atoms with Crippen molar-refractivity contribution >= 4 is 23.2 Å². The molecule has 122 valence electrons. The second-order valence-electron chi connectivity index (χ2n) is 4.77. The van der Waals surface area contributed by atoms with E-state index in [1.54, 1.807) is 5.38 Å². The highest BCUT2D eigenvalue weighted by Gasteiger charge is 2.25. The van der Waals surface area contributed by atoms with Crippen molar-refractivity contribution in [1.82, 2.24) is 5.32 Å². The van der Waals surface area contributed by atoms with Gasteiger partial charge in [0, 0.05) is 0 Å². The molecule has 0 aliphatic heterocycles. The van der Waals surface area contributed by atoms with Crippen molar-refractivity contribution in [2.24, 2.45) is 0 Å². The number of carboxylic acids is 1. The van der Waals surface area contributed by atoms with Crippen molar-refractivity contribution < 1.29 is 23.8 Å². The second-order valence-corrected chi connectivity index (χ2v) is 5.68. The first-order valence-corrected chi connectivity index (χ1v) is 7.79. The molecule has 1 amide bonds. The number of amides is 1. The van der Waals surface area contributed by atoms with Crippen molar-refractivity contribution in [1.29, 1.82) is 0 Å². The number of benzene rings is 1. The van der Waals surface area contributed by atoms with E-state index >= 15 is 0 Å². The van der Waals surface area contributed by atoms with Crippen LogP contribution in [0.15, 0.2) is 29.6 Å². The van der Waals surface area contributed by atoms with Crippen LogP contribution in [0.1, 0.15) is 33.8 Å². The zero-order valence-electron chi connectivity index (χ0n) is 12.6. The lowest BCUT2D eigenvalue weighted by Crippen LogP contribution is -2.33. The number of carboxylic acid groups (broad SMARTS) is 1. The molecule has 0 spiro atoms. The summed E-state index contributed by atoms with van der Waals surface area (Å²) in [6.07, 6.45) is 0.668. The van der Waals surface area contributed by atoms with E-state index in [-0.39, 0.29) is 11.3 Å². The summed E-state index contributed by atoms with van der Waals surface area (Å²) in [6.45, 7) is 1.91. The molecule has 0 aliphatic carbocycles. The van der Waals surface area contributed by atoms with E-state index < -0.39 is 23.7 Å². The number of carbonyl (C=O) groups excluding carboxylic acids is 1. The largest absolute Gasteiger partial charge is 0.494 e. The van der Waals surface area contributed by atoms with Crippen molar-refractivity contribution in [2.45, 2.75) is 19.4 Å². The van der Waals surface area contributed by atoms with Crippen LogP contribution in [0, 0.1) is 5.82 Å². The Labute approximate surface area is 136 Å². The van der Waals surface area contributed by atoms with E-state index in [0.29, 0.717) is 11.3 Å². The lowest BCUT2D eigenvalue weighted by atomic mass is 10.1. The summed E-state index contributed by atoms with van der Waals surface area (Å²) in [5, 5.41) is 13.6. The zero-order chi connectivity index (χ0) is 17.0. The van der Waals surface area contributed by atoms with Crippen molar-refractivity contribution in [3.63, 3.8) is 0 Å². The number of rotatable bonds is 6. The molecule has 2 N–H and O–H groups in total. The molecule has 1 heterocycles. The van der Waals surface area contributed by atoms with Gasteiger partial charge in [0.05, 0.1) is 12.0 Å². The molecule has 7 heteroatoms. The third-order valence-corrected chi connectivity index (χ3v) is 4.32. The van der Waals surface area contributed by atoms with Gasteiger partial charge in [-0.3, -0.25) is 4.79 Å². The standard InChI is InChI=1S/C16H16FNO4S/c1-3-9-6-7-23-14(9)15(19)18-13(16(20)21)10-4-5-12(22-2)11(17)8-10/h4-8,13H,3H2,1-2H3,(H,18,19)(H,20,21). The normalized spacial score (nSPS) is 11.8. The summed E-state index contributed by atoms with van der Waals surface area (Å²) in [6, 6.07) is 4.27. The number of methoxy groups -OCH3 is 1. The van der Waals surface area contributed by atoms with Gasteiger partial charge in [-0.2, -0.15) is 0 Å². The Morgan fingerprint density at radius 1 is 1.39 bits per heavy atom. The molecule has 1 aromatic carbocycles. The molecule has 2 aromatic rings. The molecule has 1 unspecified atom stereocenters. The summed E-state index contributed by atoms with van der Waals surface area (Å²) in [7, 11) is 1.32. The van der Waals surface area contributed by atoms with Gasteiger partial charge < -0.3 is 15.2 Å². The van der Waals surface area contributed by atoms with Gasteiger partial charge in [0.1, 0.15) is 0 Å². The smallest absolute Gasteiger partial charge is 0.330 e. The number of hydrogen-bond donors (Lipinski definition) is 2. The molecule has 1 aromatic heterocycles. The Kier molecular flexibility index (Phi) is 5.33. The number of thiophene rings is 1. The first kappa shape index (κ1) is 17.0. The Morgan fingerprint density at radius 2 is 2.13 bits per heavy atom. The monoisotopic (exact) mass is 337 g/mol. The Balaban J connectivity index is 2.27. The minimum absolute atomic E-state index is 0.00995. The molecule has 0 radical (unpaired) electrons. The quantitative estimate of drug-likeness (QED) is 0.849. The van der Waals surface area contributed by atoms with Crippen LogP contribution in [0.2, 0.25) is 0 Å². The molecular formula is C16H16FNO4S. The van der Waals surface area contributed by atoms with E-state index in [1.807, 2.05) is 13.0 Å². The molecule has 1 atom stereocenters. The Bertz CT molecular complexity index is 729. The maximum absolute atomic E-state index is 13.8. The molecule has 0 fully saturated rings. The van der Waals surface area contributed by atoms with Gasteiger partial charge in [0.25, 0.3) is 5.91 Å². The van der Waals surface area contributed by atoms with Gasteiger partial charge in [-0.25, -0.2) is 9.18 Å². The highest BCUT2D eigenvalue weighted by Crippen LogP contribution is 2.24. The Morgan fingerprint density at radius 3 is 2.70 bits per heavy atom. The highest BCUT2D eigenvalue weighted by molar-refractivity contribution is 7.12. The molecule has 2 rings (SSSR count). The van der Waals surface area contributed by atoms with Gasteiger partial charge in [0.2, 0.25) is 0 Å². The van der Waals surface area contributed by atoms with E-state index in [0.717, 1.165) is 11.6 Å². The predicted octanol–water partition coefficient (Wildman–Crippen LogP) is 3.01. The average molecular weight is 337 g/mol. The van der Waals surface area contributed by atoms with Crippen LogP contribution in [0.5, 0.6) is 5.75 Å². The van der Waals surface area contributed by atoms with E-state index in [2.05, 4.69) is 5.32 Å². The van der Waals surface area contributed by atoms with Crippen LogP contribution in [-0.2, 0) is 11.2 Å². The van der Waals surface area contributed by atoms with Gasteiger partial charge in [-0.1, -0.05) is 13.0 Å². The molecule has 5 nitrogen and oxygen atoms in total. The molecule has 0 saturated carbocycles. The third kappa shape index (κ3) is 3.68. The average Bonchev–Trinajstić information content (AvgIpc) is 3.00. The van der Waals surface area contributed by atoms with Crippen molar-refractivity contribution in [3.8, 4) is 5.75 Å². The topological polar surface area (TPSA) is 75.6 Å². The SMILES string of the molecule is CCc1ccsc1C(=O)NC(C(=O)O)c1ccc(OC)c(F)c1. The maximum Gasteiger partial charge on any atom is 0.330 e. The van der Waals surface area contributed by atoms with Crippen molar-refractivity contribution in [2.75, 3.05) is 7.11 Å². The first-order valence-electron chi connectivity index (χ1n) is 6.91. The van der Waals surface area contributed by atoms with Gasteiger partial charge in [-0.15, -0.1) is 11.3 Å². The van der Waals surface area contributed by atoms with Crippen LogP contribution >= 0.6 is 11.3 Å². The predicted molar refractivity (Wildman–Crippen MR) is 84.5 cm³/mol. The van der Waals surface area contributed by atoms with E-state index in [1.165, 1.54) is 30.6 Å². The molecular weight excluding hydrogens is 321 g/mol. The zero-order valence-corrected chi connectivity index (χ0v) is 13.4. The minimum Gasteiger partial charge on any atom is -0.494 e. The van der Waals surface area contributed by atoms with Gasteiger partial charge in [0.15, 0.2) is 17.6 Å². The molecule has 0 bridgehead atoms. The second kappa shape index (κ2) is 7.23. The van der Waals surface area contributed by atoms with Crippen LogP contribution in [0.3, 0.4) is 0 Å². The lowest BCUT2D eigenvalue weighted by molar-refractivity contribution is -0.139. The fourth-order valence-corrected chi connectivity index (χ4v) is 3.06. The van der Waals surface area contributed by atoms with Crippen LogP contribution in [0.25, 0.3) is 0 Å². The van der Waals surface area contributed by atoms with E-state index in [4.69, 9.17) is 4.74 Å². The maximum atomic E-state index is 13.8. The summed E-state index contributed by atoms with van der Waals surface area (Å²) in [4.78, 5) is 24.2. The summed E-state index contributed by atoms with van der Waals surface area (Å²) < 4.78 is 18.6. The number of ether oxygens (including phenoxy) is 1. The Hall–Kier alpha value is -2.41. The lowest BCUT2D eigenvalue weighted by Gasteiger charge is -2.15. The summed E-state index contributed by atoms with van der Waals surface area (Å²) >= 11 is 1.24. The van der Waals surface area contributed by atoms with Crippen LogP contribution < -0.4 is 10.1 Å². The van der Waals surface area contributed by atoms with Crippen LogP contribution in [0.4, 0.5) is 4.39 Å².